The lowest BCUT2D eigenvalue weighted by Gasteiger charge is -2.14. The van der Waals surface area contributed by atoms with Crippen LogP contribution in [0.25, 0.3) is 0 Å². The van der Waals surface area contributed by atoms with E-state index in [4.69, 9.17) is 10.5 Å². The number of hydrogen-bond acceptors (Lipinski definition) is 3. The Morgan fingerprint density at radius 2 is 2.16 bits per heavy atom. The molecule has 0 saturated carbocycles. The van der Waals surface area contributed by atoms with E-state index < -0.39 is 0 Å². The molecule has 0 bridgehead atoms. The van der Waals surface area contributed by atoms with E-state index in [0.29, 0.717) is 24.9 Å². The van der Waals surface area contributed by atoms with Gasteiger partial charge in [-0.2, -0.15) is 5.10 Å². The summed E-state index contributed by atoms with van der Waals surface area (Å²) in [5.74, 6) is 1.89. The highest BCUT2D eigenvalue weighted by Crippen LogP contribution is 2.29. The molecule has 2 aromatic rings. The molecule has 0 aliphatic carbocycles. The molecule has 0 atom stereocenters. The highest BCUT2D eigenvalue weighted by atomic mass is 79.9. The van der Waals surface area contributed by atoms with Crippen LogP contribution in [0.3, 0.4) is 0 Å². The normalized spacial score (nSPS) is 10.9. The van der Waals surface area contributed by atoms with Crippen LogP contribution in [0.1, 0.15) is 25.3 Å². The number of ether oxygens (including phenoxy) is 1. The maximum absolute atomic E-state index is 5.84. The third kappa shape index (κ3) is 3.73. The van der Waals surface area contributed by atoms with Gasteiger partial charge < -0.3 is 10.5 Å². The molecule has 1 aromatic heterocycles. The van der Waals surface area contributed by atoms with Crippen molar-refractivity contribution < 1.29 is 4.74 Å². The van der Waals surface area contributed by atoms with E-state index in [1.165, 1.54) is 5.56 Å². The van der Waals surface area contributed by atoms with Gasteiger partial charge in [0.1, 0.15) is 18.2 Å². The largest absolute Gasteiger partial charge is 0.491 e. The Kier molecular flexibility index (Phi) is 4.47. The molecule has 0 aliphatic heterocycles. The van der Waals surface area contributed by atoms with Gasteiger partial charge in [-0.25, -0.2) is 0 Å². The van der Waals surface area contributed by atoms with Crippen molar-refractivity contribution in [1.29, 1.82) is 0 Å². The minimum absolute atomic E-state index is 0.424. The molecule has 2 rings (SSSR count). The number of hydrogen-bond donors (Lipinski definition) is 1. The number of anilines is 1. The van der Waals surface area contributed by atoms with Crippen molar-refractivity contribution in [3.05, 3.63) is 40.5 Å². The first-order valence-corrected chi connectivity index (χ1v) is 7.06. The van der Waals surface area contributed by atoms with Crippen molar-refractivity contribution >= 4 is 21.7 Å². The third-order valence-electron chi connectivity index (χ3n) is 2.83. The van der Waals surface area contributed by atoms with Crippen LogP contribution >= 0.6 is 15.9 Å². The fourth-order valence-corrected chi connectivity index (χ4v) is 2.23. The van der Waals surface area contributed by atoms with Gasteiger partial charge in [0.2, 0.25) is 0 Å². The van der Waals surface area contributed by atoms with Crippen LogP contribution in [-0.4, -0.2) is 16.4 Å². The van der Waals surface area contributed by atoms with Crippen LogP contribution in [0.4, 0.5) is 5.82 Å². The lowest BCUT2D eigenvalue weighted by Crippen LogP contribution is -2.10. The summed E-state index contributed by atoms with van der Waals surface area (Å²) in [5.41, 5.74) is 6.77. The average molecular weight is 324 g/mol. The van der Waals surface area contributed by atoms with Gasteiger partial charge >= 0.3 is 0 Å². The van der Waals surface area contributed by atoms with E-state index in [0.717, 1.165) is 10.2 Å². The van der Waals surface area contributed by atoms with Gasteiger partial charge in [0.05, 0.1) is 6.54 Å². The standard InChI is InChI=1S/C14H18BrN3O/c1-10(2)12-9-11(15)3-4-13(12)19-8-7-18-6-5-14(16)17-18/h3-6,9-10H,7-8H2,1-2H3,(H2,16,17). The Hall–Kier alpha value is -1.49. The zero-order valence-electron chi connectivity index (χ0n) is 11.1. The van der Waals surface area contributed by atoms with Crippen LogP contribution in [0, 0.1) is 0 Å². The molecule has 0 spiro atoms. The molecular weight excluding hydrogens is 306 g/mol. The van der Waals surface area contributed by atoms with E-state index >= 15 is 0 Å². The van der Waals surface area contributed by atoms with Crippen LogP contribution in [0.2, 0.25) is 0 Å². The second-order valence-corrected chi connectivity index (χ2v) is 5.60. The fourth-order valence-electron chi connectivity index (χ4n) is 1.85. The summed E-state index contributed by atoms with van der Waals surface area (Å²) in [6.07, 6.45) is 1.85. The van der Waals surface area contributed by atoms with Gasteiger partial charge in [0.15, 0.2) is 0 Å². The van der Waals surface area contributed by atoms with Crippen LogP contribution in [0.5, 0.6) is 5.75 Å². The molecule has 1 heterocycles. The zero-order valence-corrected chi connectivity index (χ0v) is 12.7. The topological polar surface area (TPSA) is 53.1 Å². The summed E-state index contributed by atoms with van der Waals surface area (Å²) in [4.78, 5) is 0. The Bertz CT molecular complexity index is 551. The molecule has 0 amide bonds. The Labute approximate surface area is 121 Å². The molecule has 1 aromatic carbocycles. The number of nitrogens with two attached hydrogens (primary N) is 1. The quantitative estimate of drug-likeness (QED) is 0.917. The minimum Gasteiger partial charge on any atom is -0.491 e. The number of rotatable bonds is 5. The first kappa shape index (κ1) is 13.9. The van der Waals surface area contributed by atoms with Crippen molar-refractivity contribution in [2.45, 2.75) is 26.3 Å². The lowest BCUT2D eigenvalue weighted by atomic mass is 10.0. The number of halogens is 1. The molecule has 102 valence electrons. The van der Waals surface area contributed by atoms with E-state index in [1.807, 2.05) is 18.3 Å². The highest BCUT2D eigenvalue weighted by Gasteiger charge is 2.08. The monoisotopic (exact) mass is 323 g/mol. The molecule has 0 aliphatic rings. The Morgan fingerprint density at radius 1 is 1.37 bits per heavy atom. The van der Waals surface area contributed by atoms with Crippen LogP contribution in [-0.2, 0) is 6.54 Å². The van der Waals surface area contributed by atoms with Crippen molar-refractivity contribution in [3.63, 3.8) is 0 Å². The Balaban J connectivity index is 1.99. The van der Waals surface area contributed by atoms with E-state index in [-0.39, 0.29) is 0 Å². The maximum Gasteiger partial charge on any atom is 0.145 e. The first-order valence-electron chi connectivity index (χ1n) is 6.27. The number of benzene rings is 1. The number of nitrogens with zero attached hydrogens (tertiary/aromatic N) is 2. The maximum atomic E-state index is 5.84. The zero-order chi connectivity index (χ0) is 13.8. The van der Waals surface area contributed by atoms with Crippen LogP contribution in [0.15, 0.2) is 34.9 Å². The summed E-state index contributed by atoms with van der Waals surface area (Å²) < 4.78 is 8.70. The molecular formula is C14H18BrN3O. The molecule has 0 unspecified atom stereocenters. The van der Waals surface area contributed by atoms with Crippen molar-refractivity contribution in [2.75, 3.05) is 12.3 Å². The second-order valence-electron chi connectivity index (χ2n) is 4.69. The SMILES string of the molecule is CC(C)c1cc(Br)ccc1OCCn1ccc(N)n1. The molecule has 4 nitrogen and oxygen atoms in total. The van der Waals surface area contributed by atoms with E-state index in [1.54, 1.807) is 10.7 Å². The van der Waals surface area contributed by atoms with Gasteiger partial charge in [-0.05, 0) is 35.7 Å². The summed E-state index contributed by atoms with van der Waals surface area (Å²) in [6.45, 7) is 5.57. The van der Waals surface area contributed by atoms with Gasteiger partial charge in [0.25, 0.3) is 0 Å². The van der Waals surface area contributed by atoms with Gasteiger partial charge in [-0.1, -0.05) is 29.8 Å². The van der Waals surface area contributed by atoms with Crippen LogP contribution < -0.4 is 10.5 Å². The fraction of sp³-hybridized carbons (Fsp3) is 0.357. The molecule has 0 radical (unpaired) electrons. The highest BCUT2D eigenvalue weighted by molar-refractivity contribution is 9.10. The number of nitrogen functional groups attached to an aromatic ring is 1. The third-order valence-corrected chi connectivity index (χ3v) is 3.33. The van der Waals surface area contributed by atoms with E-state index in [9.17, 15) is 0 Å². The number of aromatic nitrogens is 2. The molecule has 19 heavy (non-hydrogen) atoms. The molecule has 0 fully saturated rings. The summed E-state index contributed by atoms with van der Waals surface area (Å²) in [5, 5.41) is 4.12. The minimum atomic E-state index is 0.424. The van der Waals surface area contributed by atoms with Gasteiger partial charge in [-0.15, -0.1) is 0 Å². The smallest absolute Gasteiger partial charge is 0.145 e. The summed E-state index contributed by atoms with van der Waals surface area (Å²) >= 11 is 3.49. The van der Waals surface area contributed by atoms with Crippen molar-refractivity contribution in [3.8, 4) is 5.75 Å². The predicted molar refractivity (Wildman–Crippen MR) is 80.4 cm³/mol. The Morgan fingerprint density at radius 3 is 2.79 bits per heavy atom. The second kappa shape index (κ2) is 6.10. The van der Waals surface area contributed by atoms with E-state index in [2.05, 4.69) is 40.9 Å². The first-order chi connectivity index (χ1) is 9.06. The summed E-state index contributed by atoms with van der Waals surface area (Å²) in [6, 6.07) is 7.87. The predicted octanol–water partition coefficient (Wildman–Crippen LogP) is 3.43. The molecule has 2 N–H and O–H groups in total. The van der Waals surface area contributed by atoms with Gasteiger partial charge in [0, 0.05) is 10.7 Å². The summed E-state index contributed by atoms with van der Waals surface area (Å²) in [7, 11) is 0. The van der Waals surface area contributed by atoms with Crippen molar-refractivity contribution in [2.24, 2.45) is 0 Å². The lowest BCUT2D eigenvalue weighted by molar-refractivity contribution is 0.288. The van der Waals surface area contributed by atoms with Gasteiger partial charge in [-0.3, -0.25) is 4.68 Å². The molecule has 5 heteroatoms. The molecule has 0 saturated heterocycles. The average Bonchev–Trinajstić information content (AvgIpc) is 2.77. The van der Waals surface area contributed by atoms with Crippen molar-refractivity contribution in [1.82, 2.24) is 9.78 Å².